The van der Waals surface area contributed by atoms with Gasteiger partial charge in [0.15, 0.2) is 0 Å². The van der Waals surface area contributed by atoms with Crippen LogP contribution in [-0.4, -0.2) is 4.98 Å². The lowest BCUT2D eigenvalue weighted by Gasteiger charge is -2.03. The normalized spacial score (nSPS) is 11.9. The Kier molecular flexibility index (Phi) is 2.95. The van der Waals surface area contributed by atoms with Crippen molar-refractivity contribution in [3.8, 4) is 0 Å². The van der Waals surface area contributed by atoms with E-state index in [9.17, 15) is 4.79 Å². The summed E-state index contributed by atoms with van der Waals surface area (Å²) in [6.45, 7) is 5.86. The highest BCUT2D eigenvalue weighted by molar-refractivity contribution is 6.11. The van der Waals surface area contributed by atoms with Gasteiger partial charge in [-0.1, -0.05) is 36.9 Å². The molecule has 0 amide bonds. The first-order chi connectivity index (χ1) is 11.2. The minimum atomic E-state index is -0.315. The monoisotopic (exact) mass is 301 g/mol. The zero-order chi connectivity index (χ0) is 16.0. The van der Waals surface area contributed by atoms with E-state index in [2.05, 4.69) is 11.6 Å². The van der Waals surface area contributed by atoms with E-state index in [0.717, 1.165) is 32.9 Å². The fourth-order valence-corrected chi connectivity index (χ4v) is 3.13. The first-order valence-electron chi connectivity index (χ1n) is 7.49. The second-order valence-electron chi connectivity index (χ2n) is 5.49. The quantitative estimate of drug-likeness (QED) is 0.413. The van der Waals surface area contributed by atoms with Crippen LogP contribution in [0.5, 0.6) is 0 Å². The Morgan fingerprint density at radius 1 is 1.09 bits per heavy atom. The van der Waals surface area contributed by atoms with Crippen molar-refractivity contribution in [3.63, 3.8) is 0 Å². The van der Waals surface area contributed by atoms with Gasteiger partial charge in [0.2, 0.25) is 0 Å². The number of H-pyrrole nitrogens is 1. The number of hydrogen-bond acceptors (Lipinski definition) is 2. The molecule has 0 bridgehead atoms. The predicted octanol–water partition coefficient (Wildman–Crippen LogP) is 5.10. The van der Waals surface area contributed by atoms with Crippen LogP contribution in [0.2, 0.25) is 0 Å². The Balaban J connectivity index is 2.23. The molecule has 4 rings (SSSR count). The third-order valence-corrected chi connectivity index (χ3v) is 4.14. The van der Waals surface area contributed by atoms with Crippen molar-refractivity contribution in [3.05, 3.63) is 70.7 Å². The van der Waals surface area contributed by atoms with Crippen LogP contribution in [0.1, 0.15) is 18.2 Å². The molecule has 0 fully saturated rings. The summed E-state index contributed by atoms with van der Waals surface area (Å²) in [4.78, 5) is 15.8. The van der Waals surface area contributed by atoms with E-state index in [-0.39, 0.29) is 5.63 Å². The molecule has 0 radical (unpaired) electrons. The maximum atomic E-state index is 12.4. The zero-order valence-corrected chi connectivity index (χ0v) is 12.7. The van der Waals surface area contributed by atoms with Crippen molar-refractivity contribution in [2.75, 3.05) is 0 Å². The van der Waals surface area contributed by atoms with Gasteiger partial charge in [-0.15, -0.1) is 0 Å². The van der Waals surface area contributed by atoms with E-state index < -0.39 is 0 Å². The lowest BCUT2D eigenvalue weighted by atomic mass is 10.0. The molecule has 0 atom stereocenters. The molecule has 112 valence electrons. The zero-order valence-electron chi connectivity index (χ0n) is 12.7. The Labute approximate surface area is 132 Å². The molecule has 23 heavy (non-hydrogen) atoms. The molecule has 0 spiro atoms. The van der Waals surface area contributed by atoms with Crippen LogP contribution < -0.4 is 5.63 Å². The van der Waals surface area contributed by atoms with Crippen molar-refractivity contribution < 1.29 is 4.42 Å². The highest BCUT2D eigenvalue weighted by Crippen LogP contribution is 2.31. The van der Waals surface area contributed by atoms with E-state index in [4.69, 9.17) is 4.42 Å². The maximum absolute atomic E-state index is 12.4. The average Bonchev–Trinajstić information content (AvgIpc) is 2.90. The minimum absolute atomic E-state index is 0.315. The fourth-order valence-electron chi connectivity index (χ4n) is 3.13. The Morgan fingerprint density at radius 2 is 1.91 bits per heavy atom. The maximum Gasteiger partial charge on any atom is 0.344 e. The molecule has 0 aliphatic rings. The topological polar surface area (TPSA) is 46.0 Å². The van der Waals surface area contributed by atoms with Crippen LogP contribution in [0.3, 0.4) is 0 Å². The number of allylic oxidation sites excluding steroid dienone is 1. The fraction of sp³-hybridized carbons (Fsp3) is 0.0500. The molecule has 3 heteroatoms. The van der Waals surface area contributed by atoms with Gasteiger partial charge in [0.25, 0.3) is 0 Å². The summed E-state index contributed by atoms with van der Waals surface area (Å²) in [6, 6.07) is 11.5. The van der Waals surface area contributed by atoms with Gasteiger partial charge < -0.3 is 9.40 Å². The van der Waals surface area contributed by atoms with Crippen LogP contribution in [0.4, 0.5) is 0 Å². The molecule has 0 aliphatic carbocycles. The molecule has 2 aromatic carbocycles. The number of hydrogen-bond donors (Lipinski definition) is 1. The molecule has 2 heterocycles. The summed E-state index contributed by atoms with van der Waals surface area (Å²) in [5.41, 5.74) is 3.25. The number of fused-ring (bicyclic) bond motifs is 4. The highest BCUT2D eigenvalue weighted by Gasteiger charge is 2.12. The number of aromatic amines is 1. The number of para-hydroxylation sites is 1. The molecule has 4 aromatic rings. The molecular weight excluding hydrogens is 286 g/mol. The smallest absolute Gasteiger partial charge is 0.344 e. The Morgan fingerprint density at radius 3 is 2.70 bits per heavy atom. The van der Waals surface area contributed by atoms with Crippen LogP contribution >= 0.6 is 0 Å². The third kappa shape index (κ3) is 1.94. The van der Waals surface area contributed by atoms with E-state index in [1.807, 2.05) is 61.5 Å². The van der Waals surface area contributed by atoms with Crippen molar-refractivity contribution in [2.24, 2.45) is 0 Å². The molecule has 2 aromatic heterocycles. The lowest BCUT2D eigenvalue weighted by molar-refractivity contribution is 0.570. The second-order valence-corrected chi connectivity index (χ2v) is 5.49. The first-order valence-corrected chi connectivity index (χ1v) is 7.49. The minimum Gasteiger partial charge on any atom is -0.422 e. The summed E-state index contributed by atoms with van der Waals surface area (Å²) in [5, 5.41) is 3.40. The first kappa shape index (κ1) is 13.6. The van der Waals surface area contributed by atoms with Gasteiger partial charge in [-0.3, -0.25) is 0 Å². The lowest BCUT2D eigenvalue weighted by Crippen LogP contribution is -1.99. The summed E-state index contributed by atoms with van der Waals surface area (Å²) >= 11 is 0. The number of nitrogens with one attached hydrogen (secondary N) is 1. The SMILES string of the molecule is C=Cc1c(/C=C\C)[nH]c2cc3c(cc12)c(=O)oc1ccccc13. The van der Waals surface area contributed by atoms with Gasteiger partial charge in [-0.2, -0.15) is 0 Å². The van der Waals surface area contributed by atoms with Crippen LogP contribution in [0.25, 0.3) is 44.8 Å². The number of rotatable bonds is 2. The second kappa shape index (κ2) is 4.99. The Hall–Kier alpha value is -3.07. The van der Waals surface area contributed by atoms with Gasteiger partial charge in [-0.05, 0) is 31.2 Å². The molecule has 0 aliphatic heterocycles. The standard InChI is InChI=1S/C20H15NO2/c1-3-7-17-12(4-2)15-10-16-14(11-18(15)21-17)13-8-5-6-9-19(13)23-20(16)22/h3-11,21H,2H2,1H3/b7-3-. The summed E-state index contributed by atoms with van der Waals surface area (Å²) in [7, 11) is 0. The van der Waals surface area contributed by atoms with E-state index in [1.54, 1.807) is 0 Å². The molecule has 3 nitrogen and oxygen atoms in total. The van der Waals surface area contributed by atoms with E-state index in [0.29, 0.717) is 11.0 Å². The van der Waals surface area contributed by atoms with Crippen molar-refractivity contribution in [2.45, 2.75) is 6.92 Å². The highest BCUT2D eigenvalue weighted by atomic mass is 16.4. The van der Waals surface area contributed by atoms with Gasteiger partial charge in [0.05, 0.1) is 5.39 Å². The molecule has 0 unspecified atom stereocenters. The van der Waals surface area contributed by atoms with E-state index in [1.165, 1.54) is 0 Å². The van der Waals surface area contributed by atoms with Crippen molar-refractivity contribution in [1.82, 2.24) is 4.98 Å². The van der Waals surface area contributed by atoms with Gasteiger partial charge in [0, 0.05) is 32.9 Å². The molecule has 1 N–H and O–H groups in total. The molecule has 0 saturated carbocycles. The summed E-state index contributed by atoms with van der Waals surface area (Å²) in [6.07, 6.45) is 5.78. The van der Waals surface area contributed by atoms with Crippen LogP contribution in [0.15, 0.2) is 58.3 Å². The third-order valence-electron chi connectivity index (χ3n) is 4.14. The Bertz CT molecular complexity index is 1160. The van der Waals surface area contributed by atoms with Gasteiger partial charge in [0.1, 0.15) is 5.58 Å². The largest absolute Gasteiger partial charge is 0.422 e. The average molecular weight is 301 g/mol. The number of benzene rings is 2. The summed E-state index contributed by atoms with van der Waals surface area (Å²) in [5.74, 6) is 0. The van der Waals surface area contributed by atoms with Crippen LogP contribution in [0, 0.1) is 0 Å². The van der Waals surface area contributed by atoms with Crippen molar-refractivity contribution >= 4 is 44.8 Å². The predicted molar refractivity (Wildman–Crippen MR) is 96.6 cm³/mol. The van der Waals surface area contributed by atoms with Gasteiger partial charge >= 0.3 is 5.63 Å². The van der Waals surface area contributed by atoms with Crippen LogP contribution in [-0.2, 0) is 0 Å². The summed E-state index contributed by atoms with van der Waals surface area (Å²) < 4.78 is 5.45. The van der Waals surface area contributed by atoms with E-state index >= 15 is 0 Å². The molecule has 0 saturated heterocycles. The molecular formula is C20H15NO2. The van der Waals surface area contributed by atoms with Crippen molar-refractivity contribution in [1.29, 1.82) is 0 Å². The number of aromatic nitrogens is 1. The van der Waals surface area contributed by atoms with Gasteiger partial charge in [-0.25, -0.2) is 4.79 Å².